The Hall–Kier alpha value is -1.03. The molecule has 0 saturated carbocycles. The molecular weight excluding hydrogens is 278 g/mol. The van der Waals surface area contributed by atoms with Crippen LogP contribution in [0.4, 0.5) is 5.69 Å². The topological polar surface area (TPSA) is 41.6 Å². The molecule has 17 heavy (non-hydrogen) atoms. The van der Waals surface area contributed by atoms with Gasteiger partial charge in [0.2, 0.25) is 0 Å². The second-order valence-electron chi connectivity index (χ2n) is 4.97. The maximum absolute atomic E-state index is 6.05. The van der Waals surface area contributed by atoms with Gasteiger partial charge in [-0.3, -0.25) is 4.99 Å². The second kappa shape index (κ2) is 4.33. The van der Waals surface area contributed by atoms with Gasteiger partial charge in [-0.15, -0.1) is 0 Å². The first kappa shape index (κ1) is 12.4. The molecule has 0 aromatic heterocycles. The van der Waals surface area contributed by atoms with Gasteiger partial charge in [-0.05, 0) is 40.9 Å². The third-order valence-corrected chi connectivity index (χ3v) is 4.31. The quantitative estimate of drug-likeness (QED) is 0.911. The van der Waals surface area contributed by atoms with Crippen LogP contribution in [0.25, 0.3) is 0 Å². The molecule has 1 unspecified atom stereocenters. The normalized spacial score (nSPS) is 24.3. The maximum atomic E-state index is 6.05. The zero-order valence-corrected chi connectivity index (χ0v) is 12.0. The van der Waals surface area contributed by atoms with Crippen LogP contribution < -0.4 is 10.6 Å². The first-order chi connectivity index (χ1) is 7.97. The smallest absolute Gasteiger partial charge is 0.196 e. The van der Waals surface area contributed by atoms with Crippen molar-refractivity contribution in [3.8, 4) is 0 Å². The fraction of sp³-hybridized carbons (Fsp3) is 0.462. The zero-order chi connectivity index (χ0) is 12.6. The van der Waals surface area contributed by atoms with E-state index in [-0.39, 0.29) is 5.54 Å². The van der Waals surface area contributed by atoms with Crippen LogP contribution >= 0.6 is 15.9 Å². The van der Waals surface area contributed by atoms with E-state index in [4.69, 9.17) is 5.73 Å². The third kappa shape index (κ3) is 1.95. The summed E-state index contributed by atoms with van der Waals surface area (Å²) < 4.78 is 1.05. The van der Waals surface area contributed by atoms with Crippen molar-refractivity contribution in [1.29, 1.82) is 0 Å². The van der Waals surface area contributed by atoms with E-state index in [2.05, 4.69) is 52.7 Å². The number of hydrogen-bond acceptors (Lipinski definition) is 3. The van der Waals surface area contributed by atoms with Crippen LogP contribution in [-0.2, 0) is 0 Å². The van der Waals surface area contributed by atoms with Gasteiger partial charge < -0.3 is 10.6 Å². The van der Waals surface area contributed by atoms with Gasteiger partial charge in [-0.2, -0.15) is 0 Å². The molecular formula is C13H18BrN3. The summed E-state index contributed by atoms with van der Waals surface area (Å²) in [7, 11) is 0. The molecule has 0 spiro atoms. The highest BCUT2D eigenvalue weighted by molar-refractivity contribution is 9.10. The number of nitrogens with zero attached hydrogens (tertiary/aromatic N) is 2. The molecule has 1 heterocycles. The van der Waals surface area contributed by atoms with Crippen LogP contribution in [0.2, 0.25) is 0 Å². The minimum absolute atomic E-state index is 0.0477. The Morgan fingerprint density at radius 2 is 2.06 bits per heavy atom. The zero-order valence-electron chi connectivity index (χ0n) is 10.4. The van der Waals surface area contributed by atoms with E-state index in [1.165, 1.54) is 0 Å². The Kier molecular flexibility index (Phi) is 3.17. The summed E-state index contributed by atoms with van der Waals surface area (Å²) in [6, 6.07) is 8.12. The Balaban J connectivity index is 2.49. The first-order valence-electron chi connectivity index (χ1n) is 5.81. The molecule has 1 atom stereocenters. The van der Waals surface area contributed by atoms with Gasteiger partial charge in [0.15, 0.2) is 5.96 Å². The average molecular weight is 296 g/mol. The lowest BCUT2D eigenvalue weighted by molar-refractivity contribution is 0.366. The number of hydrogen-bond donors (Lipinski definition) is 1. The van der Waals surface area contributed by atoms with Gasteiger partial charge in [-0.25, -0.2) is 0 Å². The Bertz CT molecular complexity index is 456. The molecule has 0 radical (unpaired) electrons. The molecule has 2 N–H and O–H groups in total. The molecule has 0 fully saturated rings. The van der Waals surface area contributed by atoms with E-state index < -0.39 is 0 Å². The standard InChI is InChI=1S/C13H18BrN3/c1-9(2)13(3)8-16-12(15)17(13)11-7-5-4-6-10(11)14/h4-7,9H,8H2,1-3H3,(H2,15,16). The minimum Gasteiger partial charge on any atom is -0.369 e. The third-order valence-electron chi connectivity index (χ3n) is 3.64. The summed E-state index contributed by atoms with van der Waals surface area (Å²) in [5.74, 6) is 1.08. The van der Waals surface area contributed by atoms with Crippen LogP contribution in [-0.4, -0.2) is 18.0 Å². The number of benzene rings is 1. The molecule has 0 saturated heterocycles. The van der Waals surface area contributed by atoms with Crippen molar-refractivity contribution >= 4 is 27.6 Å². The number of aliphatic imine (C=N–C) groups is 1. The van der Waals surface area contributed by atoms with Crippen molar-refractivity contribution < 1.29 is 0 Å². The number of rotatable bonds is 2. The highest BCUT2D eigenvalue weighted by Gasteiger charge is 2.42. The fourth-order valence-electron chi connectivity index (χ4n) is 2.12. The highest BCUT2D eigenvalue weighted by atomic mass is 79.9. The van der Waals surface area contributed by atoms with Gasteiger partial charge >= 0.3 is 0 Å². The molecule has 92 valence electrons. The minimum atomic E-state index is -0.0477. The van der Waals surface area contributed by atoms with Crippen molar-refractivity contribution in [3.05, 3.63) is 28.7 Å². The van der Waals surface area contributed by atoms with E-state index in [1.54, 1.807) is 0 Å². The van der Waals surface area contributed by atoms with E-state index in [0.29, 0.717) is 11.9 Å². The number of guanidine groups is 1. The van der Waals surface area contributed by atoms with E-state index in [1.807, 2.05) is 18.2 Å². The van der Waals surface area contributed by atoms with E-state index >= 15 is 0 Å². The summed E-state index contributed by atoms with van der Waals surface area (Å²) in [4.78, 5) is 6.55. The number of halogens is 1. The molecule has 1 aliphatic rings. The molecule has 3 nitrogen and oxygen atoms in total. The molecule has 0 amide bonds. The molecule has 1 aromatic carbocycles. The van der Waals surface area contributed by atoms with Crippen molar-refractivity contribution in [2.75, 3.05) is 11.4 Å². The Morgan fingerprint density at radius 1 is 1.41 bits per heavy atom. The van der Waals surface area contributed by atoms with Gasteiger partial charge in [0, 0.05) is 4.47 Å². The predicted molar refractivity (Wildman–Crippen MR) is 76.4 cm³/mol. The number of anilines is 1. The van der Waals surface area contributed by atoms with Gasteiger partial charge in [0.25, 0.3) is 0 Å². The summed E-state index contributed by atoms with van der Waals surface area (Å²) in [5, 5.41) is 0. The molecule has 1 aliphatic heterocycles. The molecule has 2 rings (SSSR count). The van der Waals surface area contributed by atoms with Crippen LogP contribution in [0.5, 0.6) is 0 Å². The molecule has 1 aromatic rings. The van der Waals surface area contributed by atoms with Gasteiger partial charge in [0.05, 0.1) is 17.8 Å². The van der Waals surface area contributed by atoms with Crippen molar-refractivity contribution in [1.82, 2.24) is 0 Å². The lowest BCUT2D eigenvalue weighted by atomic mass is 9.87. The maximum Gasteiger partial charge on any atom is 0.196 e. The first-order valence-corrected chi connectivity index (χ1v) is 6.61. The second-order valence-corrected chi connectivity index (χ2v) is 5.83. The Morgan fingerprint density at radius 3 is 2.65 bits per heavy atom. The van der Waals surface area contributed by atoms with Crippen LogP contribution in [0, 0.1) is 5.92 Å². The monoisotopic (exact) mass is 295 g/mol. The predicted octanol–water partition coefficient (Wildman–Crippen LogP) is 3.00. The van der Waals surface area contributed by atoms with Crippen molar-refractivity contribution in [3.63, 3.8) is 0 Å². The van der Waals surface area contributed by atoms with E-state index in [9.17, 15) is 0 Å². The van der Waals surface area contributed by atoms with Crippen molar-refractivity contribution in [2.24, 2.45) is 16.6 Å². The summed E-state index contributed by atoms with van der Waals surface area (Å²) in [6.45, 7) is 7.37. The van der Waals surface area contributed by atoms with Crippen LogP contribution in [0.15, 0.2) is 33.7 Å². The average Bonchev–Trinajstić information content (AvgIpc) is 2.58. The SMILES string of the molecule is CC(C)C1(C)CN=C(N)N1c1ccccc1Br. The van der Waals surface area contributed by atoms with Crippen molar-refractivity contribution in [2.45, 2.75) is 26.3 Å². The largest absolute Gasteiger partial charge is 0.369 e. The Labute approximate surface area is 111 Å². The van der Waals surface area contributed by atoms with Gasteiger partial charge in [0.1, 0.15) is 0 Å². The number of para-hydroxylation sites is 1. The number of nitrogens with two attached hydrogens (primary N) is 1. The summed E-state index contributed by atoms with van der Waals surface area (Å²) in [5.41, 5.74) is 7.09. The lowest BCUT2D eigenvalue weighted by Gasteiger charge is -2.39. The highest BCUT2D eigenvalue weighted by Crippen LogP contribution is 2.37. The molecule has 4 heteroatoms. The van der Waals surface area contributed by atoms with Crippen LogP contribution in [0.1, 0.15) is 20.8 Å². The summed E-state index contributed by atoms with van der Waals surface area (Å²) in [6.07, 6.45) is 0. The molecule has 0 bridgehead atoms. The van der Waals surface area contributed by atoms with Gasteiger partial charge in [-0.1, -0.05) is 26.0 Å². The summed E-state index contributed by atoms with van der Waals surface area (Å²) >= 11 is 3.58. The van der Waals surface area contributed by atoms with Crippen LogP contribution in [0.3, 0.4) is 0 Å². The lowest BCUT2D eigenvalue weighted by Crippen LogP contribution is -2.53. The molecule has 0 aliphatic carbocycles. The van der Waals surface area contributed by atoms with E-state index in [0.717, 1.165) is 16.7 Å². The fourth-order valence-corrected chi connectivity index (χ4v) is 2.58.